The molecule has 9 nitrogen and oxygen atoms in total. The van der Waals surface area contributed by atoms with E-state index >= 15 is 0 Å². The molecule has 0 aliphatic rings. The Kier molecular flexibility index (Phi) is 6.96. The number of ether oxygens (including phenoxy) is 2. The Labute approximate surface area is 174 Å². The second-order valence-electron chi connectivity index (χ2n) is 7.08. The van der Waals surface area contributed by atoms with Crippen molar-refractivity contribution in [3.8, 4) is 0 Å². The van der Waals surface area contributed by atoms with Crippen LogP contribution in [-0.2, 0) is 16.0 Å². The lowest BCUT2D eigenvalue weighted by molar-refractivity contribution is -0.659. The molecule has 9 heteroatoms. The summed E-state index contributed by atoms with van der Waals surface area (Å²) in [5.74, 6) is -0.0626. The summed E-state index contributed by atoms with van der Waals surface area (Å²) in [7, 11) is 3.23. The van der Waals surface area contributed by atoms with E-state index in [-0.39, 0.29) is 22.8 Å². The molecule has 3 aromatic heterocycles. The van der Waals surface area contributed by atoms with Crippen molar-refractivity contribution in [3.63, 3.8) is 0 Å². The summed E-state index contributed by atoms with van der Waals surface area (Å²) in [4.78, 5) is 30.7. The number of nitrogens with two attached hydrogens (primary N) is 1. The molecule has 0 bridgehead atoms. The number of amides is 1. The number of pyridine rings is 2. The Morgan fingerprint density at radius 3 is 2.73 bits per heavy atom. The van der Waals surface area contributed by atoms with Crippen molar-refractivity contribution < 1.29 is 18.8 Å². The highest BCUT2D eigenvalue weighted by atomic mass is 16.5. The van der Waals surface area contributed by atoms with E-state index in [0.29, 0.717) is 55.8 Å². The van der Waals surface area contributed by atoms with E-state index in [1.807, 2.05) is 13.0 Å². The lowest BCUT2D eigenvalue weighted by Crippen LogP contribution is -2.43. The lowest BCUT2D eigenvalue weighted by Gasteiger charge is -2.12. The Bertz CT molecular complexity index is 1130. The highest BCUT2D eigenvalue weighted by molar-refractivity contribution is 6.00. The molecule has 0 atom stereocenters. The third kappa shape index (κ3) is 4.27. The Morgan fingerprint density at radius 2 is 2.00 bits per heavy atom. The molecule has 0 aromatic carbocycles. The number of carbonyl (C=O) groups excluding carboxylic acids is 1. The average Bonchev–Trinajstić information content (AvgIpc) is 2.73. The van der Waals surface area contributed by atoms with Crippen molar-refractivity contribution in [3.05, 3.63) is 45.9 Å². The summed E-state index contributed by atoms with van der Waals surface area (Å²) >= 11 is 0. The van der Waals surface area contributed by atoms with E-state index in [0.717, 1.165) is 5.56 Å². The van der Waals surface area contributed by atoms with Crippen LogP contribution in [-0.4, -0.2) is 49.3 Å². The second-order valence-corrected chi connectivity index (χ2v) is 7.08. The van der Waals surface area contributed by atoms with E-state index in [1.54, 1.807) is 31.0 Å². The second kappa shape index (κ2) is 9.64. The molecule has 0 saturated heterocycles. The van der Waals surface area contributed by atoms with Gasteiger partial charge in [0.2, 0.25) is 11.5 Å². The number of rotatable bonds is 9. The minimum atomic E-state index is -0.334. The number of nitrogen functional groups attached to an aromatic ring is 1. The molecule has 30 heavy (non-hydrogen) atoms. The van der Waals surface area contributed by atoms with Gasteiger partial charge in [0.15, 0.2) is 0 Å². The maximum absolute atomic E-state index is 13.2. The fraction of sp³-hybridized carbons (Fsp3) is 0.429. The number of hydrogen-bond acceptors (Lipinski definition) is 6. The van der Waals surface area contributed by atoms with Gasteiger partial charge in [-0.15, -0.1) is 0 Å². The van der Waals surface area contributed by atoms with Gasteiger partial charge in [-0.25, -0.2) is 4.57 Å². The summed E-state index contributed by atoms with van der Waals surface area (Å²) in [6.45, 7) is 3.87. The smallest absolute Gasteiger partial charge is 0.278 e. The first kappa shape index (κ1) is 21.7. The van der Waals surface area contributed by atoms with Gasteiger partial charge in [-0.05, 0) is 25.5 Å². The molecule has 1 amide bonds. The van der Waals surface area contributed by atoms with Crippen LogP contribution >= 0.6 is 0 Å². The maximum atomic E-state index is 13.2. The molecular weight excluding hydrogens is 386 g/mol. The van der Waals surface area contributed by atoms with Gasteiger partial charge in [0.1, 0.15) is 10.9 Å². The highest BCUT2D eigenvalue weighted by Crippen LogP contribution is 2.16. The van der Waals surface area contributed by atoms with E-state index < -0.39 is 0 Å². The van der Waals surface area contributed by atoms with Crippen molar-refractivity contribution in [2.45, 2.75) is 26.3 Å². The first-order chi connectivity index (χ1) is 14.5. The fourth-order valence-corrected chi connectivity index (χ4v) is 3.40. The van der Waals surface area contributed by atoms with Gasteiger partial charge in [0.25, 0.3) is 17.1 Å². The third-order valence-electron chi connectivity index (χ3n) is 4.96. The molecule has 3 N–H and O–H groups in total. The van der Waals surface area contributed by atoms with Gasteiger partial charge in [0.05, 0.1) is 6.54 Å². The van der Waals surface area contributed by atoms with Crippen LogP contribution in [0.3, 0.4) is 0 Å². The summed E-state index contributed by atoms with van der Waals surface area (Å²) in [5.41, 5.74) is 8.29. The van der Waals surface area contributed by atoms with Crippen molar-refractivity contribution >= 4 is 28.4 Å². The topological polar surface area (TPSA) is 112 Å². The molecule has 0 aliphatic heterocycles. The van der Waals surface area contributed by atoms with Gasteiger partial charge in [0, 0.05) is 52.2 Å². The van der Waals surface area contributed by atoms with Crippen LogP contribution in [0.2, 0.25) is 0 Å². The zero-order chi connectivity index (χ0) is 21.7. The minimum absolute atomic E-state index is 0.243. The van der Waals surface area contributed by atoms with Crippen LogP contribution in [0.15, 0.2) is 29.2 Å². The Hall–Kier alpha value is -3.04. The number of nitrogens with one attached hydrogen (secondary N) is 1. The molecule has 0 spiro atoms. The van der Waals surface area contributed by atoms with Gasteiger partial charge < -0.3 is 20.5 Å². The minimum Gasteiger partial charge on any atom is -0.385 e. The standard InChI is InChI=1S/C21H27N5O4/c1-14-7-4-9-26-18(14)24-19-16(21(26)28)13-15(20(27)23-8-5-11-29-2)17(22)25(19)10-6-12-30-3/h4,7,9,13,22H,5-6,8,10-12H2,1-3H3,(H,23,27)/p+1. The van der Waals surface area contributed by atoms with Gasteiger partial charge >= 0.3 is 0 Å². The first-order valence-electron chi connectivity index (χ1n) is 9.89. The van der Waals surface area contributed by atoms with Gasteiger partial charge in [-0.3, -0.25) is 14.0 Å². The van der Waals surface area contributed by atoms with Crippen molar-refractivity contribution in [1.82, 2.24) is 14.7 Å². The predicted molar refractivity (Wildman–Crippen MR) is 114 cm³/mol. The lowest BCUT2D eigenvalue weighted by atomic mass is 10.1. The van der Waals surface area contributed by atoms with Crippen LogP contribution < -0.4 is 21.2 Å². The molecule has 160 valence electrons. The predicted octanol–water partition coefficient (Wildman–Crippen LogP) is 0.829. The fourth-order valence-electron chi connectivity index (χ4n) is 3.40. The van der Waals surface area contributed by atoms with Gasteiger partial charge in [-0.1, -0.05) is 11.1 Å². The van der Waals surface area contributed by atoms with Crippen LogP contribution in [0.1, 0.15) is 28.8 Å². The zero-order valence-electron chi connectivity index (χ0n) is 17.6. The van der Waals surface area contributed by atoms with Crippen molar-refractivity contribution in [1.29, 1.82) is 0 Å². The number of aryl methyl sites for hydroxylation is 2. The highest BCUT2D eigenvalue weighted by Gasteiger charge is 2.24. The number of anilines is 1. The molecule has 0 saturated carbocycles. The maximum Gasteiger partial charge on any atom is 0.278 e. The average molecular weight is 414 g/mol. The number of carbonyl (C=O) groups is 1. The van der Waals surface area contributed by atoms with E-state index in [1.165, 1.54) is 10.5 Å². The quantitative estimate of drug-likeness (QED) is 0.305. The summed E-state index contributed by atoms with van der Waals surface area (Å²) < 4.78 is 13.4. The van der Waals surface area contributed by atoms with E-state index in [9.17, 15) is 9.59 Å². The molecule has 0 radical (unpaired) electrons. The Balaban J connectivity index is 2.17. The largest absolute Gasteiger partial charge is 0.385 e. The van der Waals surface area contributed by atoms with Crippen LogP contribution in [0, 0.1) is 6.92 Å². The first-order valence-corrected chi connectivity index (χ1v) is 9.89. The van der Waals surface area contributed by atoms with Gasteiger partial charge in [-0.2, -0.15) is 0 Å². The van der Waals surface area contributed by atoms with Crippen LogP contribution in [0.25, 0.3) is 16.7 Å². The molecule has 0 fully saturated rings. The number of aromatic nitrogens is 3. The molecule has 3 heterocycles. The summed E-state index contributed by atoms with van der Waals surface area (Å²) in [6.07, 6.45) is 3.01. The molecule has 3 rings (SSSR count). The Morgan fingerprint density at radius 1 is 1.27 bits per heavy atom. The van der Waals surface area contributed by atoms with Crippen LogP contribution in [0.5, 0.6) is 0 Å². The summed E-state index contributed by atoms with van der Waals surface area (Å²) in [6, 6.07) is 5.23. The van der Waals surface area contributed by atoms with Crippen LogP contribution in [0.4, 0.5) is 5.82 Å². The van der Waals surface area contributed by atoms with E-state index in [4.69, 9.17) is 20.2 Å². The SMILES string of the molecule is COCCCNC(=O)c1cc2c(=O)n3cccc(C)c3nc2[n+](CCCOC)c1N. The zero-order valence-corrected chi connectivity index (χ0v) is 17.6. The number of fused-ring (bicyclic) bond motifs is 2. The molecule has 0 unspecified atom stereocenters. The number of nitrogens with zero attached hydrogens (tertiary/aromatic N) is 3. The molecule has 3 aromatic rings. The molecule has 0 aliphatic carbocycles. The monoisotopic (exact) mass is 414 g/mol. The van der Waals surface area contributed by atoms with E-state index in [2.05, 4.69) is 5.32 Å². The number of hydrogen-bond donors (Lipinski definition) is 2. The third-order valence-corrected chi connectivity index (χ3v) is 4.96. The van der Waals surface area contributed by atoms with Crippen molar-refractivity contribution in [2.75, 3.05) is 39.7 Å². The normalized spacial score (nSPS) is 11.3. The number of methoxy groups -OCH3 is 2. The van der Waals surface area contributed by atoms with Crippen molar-refractivity contribution in [2.24, 2.45) is 0 Å². The molecular formula is C21H28N5O4+. The summed E-state index contributed by atoms with van der Waals surface area (Å²) in [5, 5.41) is 3.17.